The molecule has 0 saturated heterocycles. The van der Waals surface area contributed by atoms with Crippen LogP contribution in [0.3, 0.4) is 0 Å². The Morgan fingerprint density at radius 2 is 2.29 bits per heavy atom. The molecule has 1 heterocycles. The zero-order valence-corrected chi connectivity index (χ0v) is 9.71. The fourth-order valence-corrected chi connectivity index (χ4v) is 1.75. The van der Waals surface area contributed by atoms with E-state index in [-0.39, 0.29) is 0 Å². The van der Waals surface area contributed by atoms with Crippen LogP contribution < -0.4 is 5.32 Å². The van der Waals surface area contributed by atoms with Gasteiger partial charge in [0.05, 0.1) is 6.54 Å². The minimum absolute atomic E-state index is 0.513. The predicted molar refractivity (Wildman–Crippen MR) is 57.4 cm³/mol. The summed E-state index contributed by atoms with van der Waals surface area (Å²) in [6, 6.07) is 0. The van der Waals surface area contributed by atoms with Crippen LogP contribution in [0.5, 0.6) is 0 Å². The maximum Gasteiger partial charge on any atom is 0.209 e. The zero-order chi connectivity index (χ0) is 10.4. The van der Waals surface area contributed by atoms with Crippen molar-refractivity contribution in [1.82, 2.24) is 25.5 Å². The molecule has 14 heavy (non-hydrogen) atoms. The molecular formula is C8H17N5S. The highest BCUT2D eigenvalue weighted by molar-refractivity contribution is 7.99. The van der Waals surface area contributed by atoms with E-state index >= 15 is 0 Å². The molecule has 0 bridgehead atoms. The summed E-state index contributed by atoms with van der Waals surface area (Å²) in [5, 5.41) is 16.2. The SMILES string of the molecule is CCNCCn1nnnc1SC(C)C. The molecule has 0 spiro atoms. The molecule has 1 aromatic heterocycles. The molecule has 1 N–H and O–H groups in total. The molecule has 80 valence electrons. The first-order valence-electron chi connectivity index (χ1n) is 4.87. The topological polar surface area (TPSA) is 55.6 Å². The van der Waals surface area contributed by atoms with Crippen molar-refractivity contribution in [2.24, 2.45) is 0 Å². The quantitative estimate of drug-likeness (QED) is 0.561. The monoisotopic (exact) mass is 215 g/mol. The first-order valence-corrected chi connectivity index (χ1v) is 5.75. The smallest absolute Gasteiger partial charge is 0.209 e. The van der Waals surface area contributed by atoms with E-state index in [1.807, 2.05) is 4.68 Å². The van der Waals surface area contributed by atoms with Gasteiger partial charge in [-0.3, -0.25) is 0 Å². The lowest BCUT2D eigenvalue weighted by Crippen LogP contribution is -2.20. The fourth-order valence-electron chi connectivity index (χ4n) is 0.994. The summed E-state index contributed by atoms with van der Waals surface area (Å²) in [6.45, 7) is 9.07. The van der Waals surface area contributed by atoms with Gasteiger partial charge < -0.3 is 5.32 Å². The maximum atomic E-state index is 3.97. The van der Waals surface area contributed by atoms with Crippen LogP contribution in [0.4, 0.5) is 0 Å². The van der Waals surface area contributed by atoms with Gasteiger partial charge in [0.15, 0.2) is 0 Å². The number of hydrogen-bond acceptors (Lipinski definition) is 5. The van der Waals surface area contributed by atoms with Crippen molar-refractivity contribution < 1.29 is 0 Å². The number of nitrogens with one attached hydrogen (secondary N) is 1. The van der Waals surface area contributed by atoms with Crippen LogP contribution in [0.15, 0.2) is 5.16 Å². The summed E-state index contributed by atoms with van der Waals surface area (Å²) < 4.78 is 1.84. The van der Waals surface area contributed by atoms with Crippen LogP contribution in [0.25, 0.3) is 0 Å². The van der Waals surface area contributed by atoms with Gasteiger partial charge in [-0.2, -0.15) is 0 Å². The van der Waals surface area contributed by atoms with E-state index in [2.05, 4.69) is 41.6 Å². The normalized spacial score (nSPS) is 11.1. The van der Waals surface area contributed by atoms with Gasteiger partial charge in [-0.15, -0.1) is 5.10 Å². The minimum atomic E-state index is 0.513. The molecular weight excluding hydrogens is 198 g/mol. The highest BCUT2D eigenvalue weighted by Crippen LogP contribution is 2.18. The van der Waals surface area contributed by atoms with Crippen LogP contribution in [-0.2, 0) is 6.54 Å². The summed E-state index contributed by atoms with van der Waals surface area (Å²) in [4.78, 5) is 0. The molecule has 0 unspecified atom stereocenters. The van der Waals surface area contributed by atoms with Crippen molar-refractivity contribution in [3.63, 3.8) is 0 Å². The van der Waals surface area contributed by atoms with Gasteiger partial charge in [0.2, 0.25) is 5.16 Å². The predicted octanol–water partition coefficient (Wildman–Crippen LogP) is 0.783. The summed E-state index contributed by atoms with van der Waals surface area (Å²) in [5.74, 6) is 0. The third-order valence-electron chi connectivity index (χ3n) is 1.59. The van der Waals surface area contributed by atoms with E-state index in [0.29, 0.717) is 5.25 Å². The molecule has 0 aliphatic carbocycles. The summed E-state index contributed by atoms with van der Waals surface area (Å²) >= 11 is 1.69. The third kappa shape index (κ3) is 3.63. The second kappa shape index (κ2) is 5.98. The van der Waals surface area contributed by atoms with Gasteiger partial charge >= 0.3 is 0 Å². The van der Waals surface area contributed by atoms with E-state index in [1.165, 1.54) is 0 Å². The molecule has 0 aliphatic rings. The highest BCUT2D eigenvalue weighted by atomic mass is 32.2. The van der Waals surface area contributed by atoms with Gasteiger partial charge in [0.25, 0.3) is 0 Å². The van der Waals surface area contributed by atoms with E-state index < -0.39 is 0 Å². The van der Waals surface area contributed by atoms with Crippen molar-refractivity contribution in [2.45, 2.75) is 37.7 Å². The number of rotatable bonds is 6. The van der Waals surface area contributed by atoms with Crippen molar-refractivity contribution in [3.05, 3.63) is 0 Å². The summed E-state index contributed by atoms with van der Waals surface area (Å²) in [7, 11) is 0. The molecule has 5 nitrogen and oxygen atoms in total. The van der Waals surface area contributed by atoms with E-state index in [0.717, 1.165) is 24.8 Å². The summed E-state index contributed by atoms with van der Waals surface area (Å²) in [5.41, 5.74) is 0. The van der Waals surface area contributed by atoms with Crippen LogP contribution in [0, 0.1) is 0 Å². The maximum absolute atomic E-state index is 3.97. The Morgan fingerprint density at radius 3 is 2.93 bits per heavy atom. The Hall–Kier alpha value is -0.620. The third-order valence-corrected chi connectivity index (χ3v) is 2.57. The number of hydrogen-bond donors (Lipinski definition) is 1. The van der Waals surface area contributed by atoms with Crippen LogP contribution in [0.1, 0.15) is 20.8 Å². The zero-order valence-electron chi connectivity index (χ0n) is 8.90. The number of tetrazole rings is 1. The van der Waals surface area contributed by atoms with Crippen LogP contribution >= 0.6 is 11.8 Å². The average Bonchev–Trinajstić information content (AvgIpc) is 2.52. The van der Waals surface area contributed by atoms with Gasteiger partial charge in [-0.25, -0.2) is 4.68 Å². The Kier molecular flexibility index (Phi) is 4.89. The minimum Gasteiger partial charge on any atom is -0.315 e. The van der Waals surface area contributed by atoms with Crippen molar-refractivity contribution in [1.29, 1.82) is 0 Å². The van der Waals surface area contributed by atoms with Crippen LogP contribution in [0.2, 0.25) is 0 Å². The van der Waals surface area contributed by atoms with Gasteiger partial charge in [-0.1, -0.05) is 32.5 Å². The molecule has 1 rings (SSSR count). The lowest BCUT2D eigenvalue weighted by molar-refractivity contribution is 0.517. The number of nitrogens with zero attached hydrogens (tertiary/aromatic N) is 4. The second-order valence-corrected chi connectivity index (χ2v) is 4.75. The Balaban J connectivity index is 2.45. The molecule has 0 radical (unpaired) electrons. The molecule has 6 heteroatoms. The highest BCUT2D eigenvalue weighted by Gasteiger charge is 2.07. The standard InChI is InChI=1S/C8H17N5S/c1-4-9-5-6-13-8(10-11-12-13)14-7(2)3/h7,9H,4-6H2,1-3H3. The second-order valence-electron chi connectivity index (χ2n) is 3.20. The largest absolute Gasteiger partial charge is 0.315 e. The Morgan fingerprint density at radius 1 is 1.50 bits per heavy atom. The Labute approximate surface area is 88.6 Å². The fraction of sp³-hybridized carbons (Fsp3) is 0.875. The average molecular weight is 215 g/mol. The lowest BCUT2D eigenvalue weighted by atomic mass is 10.6. The molecule has 1 aromatic rings. The Bertz CT molecular complexity index is 260. The molecule has 0 aromatic carbocycles. The molecule has 0 amide bonds. The number of thioether (sulfide) groups is 1. The molecule has 0 aliphatic heterocycles. The molecule has 0 atom stereocenters. The van der Waals surface area contributed by atoms with Gasteiger partial charge in [-0.05, 0) is 17.0 Å². The molecule has 0 fully saturated rings. The lowest BCUT2D eigenvalue weighted by Gasteiger charge is -2.05. The first-order chi connectivity index (χ1) is 6.74. The van der Waals surface area contributed by atoms with Crippen molar-refractivity contribution in [3.8, 4) is 0 Å². The molecule has 0 saturated carbocycles. The van der Waals surface area contributed by atoms with Crippen molar-refractivity contribution >= 4 is 11.8 Å². The van der Waals surface area contributed by atoms with E-state index in [1.54, 1.807) is 11.8 Å². The van der Waals surface area contributed by atoms with Crippen molar-refractivity contribution in [2.75, 3.05) is 13.1 Å². The van der Waals surface area contributed by atoms with Gasteiger partial charge in [0, 0.05) is 11.8 Å². The van der Waals surface area contributed by atoms with Crippen LogP contribution in [-0.4, -0.2) is 38.5 Å². The first kappa shape index (κ1) is 11.5. The van der Waals surface area contributed by atoms with Gasteiger partial charge in [0.1, 0.15) is 0 Å². The van der Waals surface area contributed by atoms with E-state index in [9.17, 15) is 0 Å². The summed E-state index contributed by atoms with van der Waals surface area (Å²) in [6.07, 6.45) is 0. The number of aromatic nitrogens is 4. The van der Waals surface area contributed by atoms with E-state index in [4.69, 9.17) is 0 Å². The number of likely N-dealkylation sites (N-methyl/N-ethyl adjacent to an activating group) is 1.